The van der Waals surface area contributed by atoms with E-state index in [4.69, 9.17) is 0 Å². The van der Waals surface area contributed by atoms with Gasteiger partial charge in [-0.15, -0.1) is 11.3 Å². The van der Waals surface area contributed by atoms with Crippen LogP contribution in [0.4, 0.5) is 5.69 Å². The van der Waals surface area contributed by atoms with Crippen LogP contribution >= 0.6 is 11.3 Å². The van der Waals surface area contributed by atoms with Crippen molar-refractivity contribution < 1.29 is 4.79 Å². The maximum Gasteiger partial charge on any atom is 0.240 e. The summed E-state index contributed by atoms with van der Waals surface area (Å²) in [7, 11) is 0. The van der Waals surface area contributed by atoms with Crippen LogP contribution in [0.5, 0.6) is 0 Å². The number of carbonyl (C=O) groups is 1. The molecule has 5 nitrogen and oxygen atoms in total. The van der Waals surface area contributed by atoms with Gasteiger partial charge in [0, 0.05) is 35.7 Å². The van der Waals surface area contributed by atoms with E-state index in [0.717, 1.165) is 40.4 Å². The zero-order valence-electron chi connectivity index (χ0n) is 12.7. The van der Waals surface area contributed by atoms with E-state index in [1.165, 1.54) is 5.56 Å². The van der Waals surface area contributed by atoms with Gasteiger partial charge in [0.05, 0.1) is 11.4 Å². The Morgan fingerprint density at radius 2 is 2.26 bits per heavy atom. The molecule has 0 radical (unpaired) electrons. The van der Waals surface area contributed by atoms with Crippen molar-refractivity contribution in [3.05, 3.63) is 34.8 Å². The predicted octanol–water partition coefficient (Wildman–Crippen LogP) is 3.32. The molecule has 1 aromatic carbocycles. The Labute approximate surface area is 138 Å². The summed E-state index contributed by atoms with van der Waals surface area (Å²) in [5.41, 5.74) is 7.88. The maximum atomic E-state index is 11.5. The Morgan fingerprint density at radius 1 is 1.35 bits per heavy atom. The zero-order chi connectivity index (χ0) is 15.8. The molecule has 2 aromatic rings. The summed E-state index contributed by atoms with van der Waals surface area (Å²) in [6.45, 7) is 2.04. The quantitative estimate of drug-likeness (QED) is 0.921. The van der Waals surface area contributed by atoms with Crippen molar-refractivity contribution in [2.75, 3.05) is 0 Å². The average Bonchev–Trinajstić information content (AvgIpc) is 3.08. The number of amides is 1. The Balaban J connectivity index is 1.88. The van der Waals surface area contributed by atoms with E-state index in [1.807, 2.05) is 24.7 Å². The molecule has 0 fully saturated rings. The monoisotopic (exact) mass is 324 g/mol. The fourth-order valence-electron chi connectivity index (χ4n) is 3.08. The van der Waals surface area contributed by atoms with E-state index in [-0.39, 0.29) is 11.8 Å². The normalized spacial score (nSPS) is 20.0. The number of hydrogen-bond donors (Lipinski definition) is 1. The van der Waals surface area contributed by atoms with Crippen LogP contribution in [0.2, 0.25) is 0 Å². The van der Waals surface area contributed by atoms with E-state index in [0.29, 0.717) is 6.42 Å². The van der Waals surface area contributed by atoms with Crippen LogP contribution in [0.1, 0.15) is 30.9 Å². The van der Waals surface area contributed by atoms with Crippen molar-refractivity contribution in [3.63, 3.8) is 0 Å². The molecule has 0 saturated carbocycles. The molecule has 0 aliphatic carbocycles. The first-order valence-corrected chi connectivity index (χ1v) is 8.56. The molecular weight excluding hydrogens is 308 g/mol. The van der Waals surface area contributed by atoms with Gasteiger partial charge >= 0.3 is 0 Å². The molecule has 1 amide bonds. The summed E-state index contributed by atoms with van der Waals surface area (Å²) >= 11 is 1.61. The third-order valence-corrected chi connectivity index (χ3v) is 4.98. The van der Waals surface area contributed by atoms with Crippen molar-refractivity contribution in [1.82, 2.24) is 10.4 Å². The number of nitrogens with one attached hydrogen (secondary N) is 1. The molecule has 23 heavy (non-hydrogen) atoms. The molecular formula is C17H16N4OS. The maximum absolute atomic E-state index is 11.5. The molecule has 1 atom stereocenters. The summed E-state index contributed by atoms with van der Waals surface area (Å²) in [5.74, 6) is 0.0852. The molecule has 1 unspecified atom stereocenters. The van der Waals surface area contributed by atoms with Crippen molar-refractivity contribution in [3.8, 4) is 10.6 Å². The number of carbonyl (C=O) groups excluding carboxylic acids is 1. The van der Waals surface area contributed by atoms with Gasteiger partial charge in [0.15, 0.2) is 0 Å². The lowest BCUT2D eigenvalue weighted by atomic mass is 9.90. The number of aromatic nitrogens is 1. The first-order chi connectivity index (χ1) is 11.2. The van der Waals surface area contributed by atoms with Crippen molar-refractivity contribution in [2.24, 2.45) is 16.0 Å². The SMILES string of the molecule is CC1CC(=O)NN=C1c1cc2c(c(-c3nccs3)c1)N=CCC2. The Hall–Kier alpha value is -2.34. The molecule has 1 N–H and O–H groups in total. The summed E-state index contributed by atoms with van der Waals surface area (Å²) in [4.78, 5) is 20.5. The third-order valence-electron chi connectivity index (χ3n) is 4.17. The molecule has 116 valence electrons. The number of rotatable bonds is 2. The fraction of sp³-hybridized carbons (Fsp3) is 0.294. The lowest BCUT2D eigenvalue weighted by Crippen LogP contribution is -2.32. The molecule has 2 aliphatic heterocycles. The lowest BCUT2D eigenvalue weighted by Gasteiger charge is -2.22. The first-order valence-electron chi connectivity index (χ1n) is 7.68. The fourth-order valence-corrected chi connectivity index (χ4v) is 3.74. The number of hydrogen-bond acceptors (Lipinski definition) is 5. The highest BCUT2D eigenvalue weighted by molar-refractivity contribution is 7.13. The second-order valence-electron chi connectivity index (χ2n) is 5.86. The van der Waals surface area contributed by atoms with Gasteiger partial charge in [0.25, 0.3) is 0 Å². The van der Waals surface area contributed by atoms with Gasteiger partial charge in [-0.3, -0.25) is 9.79 Å². The van der Waals surface area contributed by atoms with E-state index in [9.17, 15) is 4.79 Å². The third kappa shape index (κ3) is 2.59. The molecule has 3 heterocycles. The minimum atomic E-state index is -0.0241. The first kappa shape index (κ1) is 14.3. The van der Waals surface area contributed by atoms with Crippen LogP contribution < -0.4 is 5.43 Å². The minimum Gasteiger partial charge on any atom is -0.273 e. The van der Waals surface area contributed by atoms with Gasteiger partial charge in [-0.1, -0.05) is 6.92 Å². The molecule has 0 saturated heterocycles. The van der Waals surface area contributed by atoms with Gasteiger partial charge in [0.2, 0.25) is 5.91 Å². The lowest BCUT2D eigenvalue weighted by molar-refractivity contribution is -0.121. The number of nitrogens with zero attached hydrogens (tertiary/aromatic N) is 3. The van der Waals surface area contributed by atoms with Crippen LogP contribution in [-0.4, -0.2) is 22.8 Å². The molecule has 0 bridgehead atoms. The molecule has 4 rings (SSSR count). The second kappa shape index (κ2) is 5.70. The summed E-state index contributed by atoms with van der Waals surface area (Å²) in [5, 5.41) is 7.24. The van der Waals surface area contributed by atoms with Crippen LogP contribution in [0.15, 0.2) is 33.8 Å². The number of fused-ring (bicyclic) bond motifs is 1. The standard InChI is InChI=1S/C17H16N4OS/c1-10-7-14(22)20-21-15(10)12-8-11-3-2-4-18-16(11)13(9-12)17-19-5-6-23-17/h4-6,8-10H,2-3,7H2,1H3,(H,20,22). The van der Waals surface area contributed by atoms with Crippen molar-refractivity contribution in [2.45, 2.75) is 26.2 Å². The summed E-state index contributed by atoms with van der Waals surface area (Å²) in [6.07, 6.45) is 6.18. The molecule has 0 spiro atoms. The number of thiazole rings is 1. The van der Waals surface area contributed by atoms with Gasteiger partial charge in [0.1, 0.15) is 5.01 Å². The average molecular weight is 324 g/mol. The van der Waals surface area contributed by atoms with Gasteiger partial charge < -0.3 is 0 Å². The van der Waals surface area contributed by atoms with Gasteiger partial charge in [-0.2, -0.15) is 5.10 Å². The Morgan fingerprint density at radius 3 is 3.04 bits per heavy atom. The minimum absolute atomic E-state index is 0.0241. The number of aryl methyl sites for hydroxylation is 1. The second-order valence-corrected chi connectivity index (χ2v) is 6.75. The van der Waals surface area contributed by atoms with Crippen molar-refractivity contribution in [1.29, 1.82) is 0 Å². The van der Waals surface area contributed by atoms with Crippen molar-refractivity contribution >= 4 is 34.9 Å². The Kier molecular flexibility index (Phi) is 3.53. The highest BCUT2D eigenvalue weighted by Gasteiger charge is 2.24. The van der Waals surface area contributed by atoms with E-state index < -0.39 is 0 Å². The van der Waals surface area contributed by atoms with E-state index >= 15 is 0 Å². The van der Waals surface area contributed by atoms with E-state index in [2.05, 4.69) is 32.6 Å². The molecule has 2 aliphatic rings. The largest absolute Gasteiger partial charge is 0.273 e. The van der Waals surface area contributed by atoms with Crippen LogP contribution in [0.3, 0.4) is 0 Å². The smallest absolute Gasteiger partial charge is 0.240 e. The highest BCUT2D eigenvalue weighted by atomic mass is 32.1. The predicted molar refractivity (Wildman–Crippen MR) is 92.5 cm³/mol. The van der Waals surface area contributed by atoms with Gasteiger partial charge in [-0.05, 0) is 36.1 Å². The van der Waals surface area contributed by atoms with Crippen LogP contribution in [0.25, 0.3) is 10.6 Å². The zero-order valence-corrected chi connectivity index (χ0v) is 13.6. The van der Waals surface area contributed by atoms with Crippen LogP contribution in [0, 0.1) is 5.92 Å². The Bertz CT molecular complexity index is 823. The molecule has 1 aromatic heterocycles. The molecule has 6 heteroatoms. The number of hydrazone groups is 1. The topological polar surface area (TPSA) is 66.7 Å². The summed E-state index contributed by atoms with van der Waals surface area (Å²) in [6, 6.07) is 4.27. The van der Waals surface area contributed by atoms with Gasteiger partial charge in [-0.25, -0.2) is 10.4 Å². The highest BCUT2D eigenvalue weighted by Crippen LogP contribution is 2.38. The summed E-state index contributed by atoms with van der Waals surface area (Å²) < 4.78 is 0. The number of benzene rings is 1. The number of aliphatic imine (C=N–C) groups is 1. The van der Waals surface area contributed by atoms with E-state index in [1.54, 1.807) is 11.3 Å². The van der Waals surface area contributed by atoms with Crippen LogP contribution in [-0.2, 0) is 11.2 Å².